The van der Waals surface area contributed by atoms with Gasteiger partial charge in [0, 0.05) is 26.7 Å². The highest BCUT2D eigenvalue weighted by Gasteiger charge is 2.29. The average Bonchev–Trinajstić information content (AvgIpc) is 2.36. The van der Waals surface area contributed by atoms with Crippen molar-refractivity contribution in [1.29, 1.82) is 0 Å². The van der Waals surface area contributed by atoms with Crippen LogP contribution in [0.3, 0.4) is 0 Å². The van der Waals surface area contributed by atoms with Crippen molar-refractivity contribution in [3.63, 3.8) is 0 Å². The molecule has 1 heterocycles. The quantitative estimate of drug-likeness (QED) is 0.661. The van der Waals surface area contributed by atoms with E-state index in [9.17, 15) is 9.59 Å². The summed E-state index contributed by atoms with van der Waals surface area (Å²) in [4.78, 5) is 26.7. The van der Waals surface area contributed by atoms with Crippen molar-refractivity contribution in [3.05, 3.63) is 0 Å². The second kappa shape index (κ2) is 5.72. The Kier molecular flexibility index (Phi) is 4.58. The Hall–Kier alpha value is -1.26. The lowest BCUT2D eigenvalue weighted by Crippen LogP contribution is -2.47. The van der Waals surface area contributed by atoms with Gasteiger partial charge in [0.05, 0.1) is 13.0 Å². The molecule has 0 bridgehead atoms. The lowest BCUT2D eigenvalue weighted by Gasteiger charge is -2.33. The van der Waals surface area contributed by atoms with Crippen LogP contribution in [0.5, 0.6) is 0 Å². The van der Waals surface area contributed by atoms with Crippen molar-refractivity contribution in [2.24, 2.45) is 5.92 Å². The van der Waals surface area contributed by atoms with E-state index in [0.29, 0.717) is 13.1 Å². The SMILES string of the molecule is CCN(C)C(=O)N1CCC[C@H](C(=O)OC)C1. The van der Waals surface area contributed by atoms with Gasteiger partial charge in [0.15, 0.2) is 0 Å². The molecule has 1 atom stereocenters. The molecule has 1 aliphatic heterocycles. The first-order valence-electron chi connectivity index (χ1n) is 5.68. The Morgan fingerprint density at radius 3 is 2.75 bits per heavy atom. The van der Waals surface area contributed by atoms with Crippen LogP contribution in [0.4, 0.5) is 4.79 Å². The van der Waals surface area contributed by atoms with E-state index in [0.717, 1.165) is 19.4 Å². The summed E-state index contributed by atoms with van der Waals surface area (Å²) in [7, 11) is 3.16. The molecule has 0 aromatic heterocycles. The molecule has 92 valence electrons. The zero-order valence-electron chi connectivity index (χ0n) is 10.2. The van der Waals surface area contributed by atoms with E-state index in [2.05, 4.69) is 0 Å². The smallest absolute Gasteiger partial charge is 0.319 e. The summed E-state index contributed by atoms with van der Waals surface area (Å²) < 4.78 is 4.71. The third kappa shape index (κ3) is 2.87. The van der Waals surface area contributed by atoms with Crippen molar-refractivity contribution in [1.82, 2.24) is 9.80 Å². The number of nitrogens with zero attached hydrogens (tertiary/aromatic N) is 2. The monoisotopic (exact) mass is 228 g/mol. The van der Waals surface area contributed by atoms with Gasteiger partial charge in [0.25, 0.3) is 0 Å². The van der Waals surface area contributed by atoms with Gasteiger partial charge in [-0.1, -0.05) is 0 Å². The molecule has 0 saturated carbocycles. The van der Waals surface area contributed by atoms with Crippen LogP contribution in [0, 0.1) is 5.92 Å². The van der Waals surface area contributed by atoms with Crippen LogP contribution < -0.4 is 0 Å². The van der Waals surface area contributed by atoms with Gasteiger partial charge in [-0.2, -0.15) is 0 Å². The highest BCUT2D eigenvalue weighted by Crippen LogP contribution is 2.18. The lowest BCUT2D eigenvalue weighted by molar-refractivity contribution is -0.146. The van der Waals surface area contributed by atoms with Gasteiger partial charge in [-0.3, -0.25) is 4.79 Å². The molecule has 0 radical (unpaired) electrons. The van der Waals surface area contributed by atoms with E-state index >= 15 is 0 Å². The van der Waals surface area contributed by atoms with Crippen molar-refractivity contribution < 1.29 is 14.3 Å². The van der Waals surface area contributed by atoms with E-state index in [1.54, 1.807) is 16.8 Å². The van der Waals surface area contributed by atoms with Crippen LogP contribution in [-0.4, -0.2) is 55.6 Å². The van der Waals surface area contributed by atoms with Gasteiger partial charge >= 0.3 is 12.0 Å². The standard InChI is InChI=1S/C11H20N2O3/c1-4-12(2)11(15)13-7-5-6-9(8-13)10(14)16-3/h9H,4-8H2,1-3H3/t9-/m0/s1. The Morgan fingerprint density at radius 1 is 1.50 bits per heavy atom. The van der Waals surface area contributed by atoms with Gasteiger partial charge in [0.1, 0.15) is 0 Å². The molecule has 0 aliphatic carbocycles. The predicted molar refractivity (Wildman–Crippen MR) is 60.0 cm³/mol. The number of carbonyl (C=O) groups excluding carboxylic acids is 2. The zero-order valence-corrected chi connectivity index (χ0v) is 10.2. The normalized spacial score (nSPS) is 20.4. The van der Waals surface area contributed by atoms with E-state index in [1.807, 2.05) is 6.92 Å². The molecule has 5 nitrogen and oxygen atoms in total. The summed E-state index contributed by atoms with van der Waals surface area (Å²) in [6.45, 7) is 3.82. The molecular weight excluding hydrogens is 208 g/mol. The number of likely N-dealkylation sites (tertiary alicyclic amines) is 1. The second-order valence-electron chi connectivity index (χ2n) is 4.11. The van der Waals surface area contributed by atoms with E-state index in [4.69, 9.17) is 4.74 Å². The minimum atomic E-state index is -0.211. The van der Waals surface area contributed by atoms with Crippen LogP contribution in [-0.2, 0) is 9.53 Å². The number of rotatable bonds is 2. The molecule has 0 spiro atoms. The fourth-order valence-corrected chi connectivity index (χ4v) is 1.89. The molecular formula is C11H20N2O3. The number of hydrogen-bond acceptors (Lipinski definition) is 3. The topological polar surface area (TPSA) is 49.9 Å². The third-order valence-corrected chi connectivity index (χ3v) is 3.03. The summed E-state index contributed by atoms with van der Waals surface area (Å²) in [5.41, 5.74) is 0. The molecule has 16 heavy (non-hydrogen) atoms. The molecule has 1 rings (SSSR count). The van der Waals surface area contributed by atoms with Gasteiger partial charge in [0.2, 0.25) is 0 Å². The Bertz CT molecular complexity index is 268. The maximum absolute atomic E-state index is 11.9. The average molecular weight is 228 g/mol. The Balaban J connectivity index is 2.56. The molecule has 0 aromatic carbocycles. The van der Waals surface area contributed by atoms with Gasteiger partial charge < -0.3 is 14.5 Å². The molecule has 0 aromatic rings. The minimum absolute atomic E-state index is 0.00361. The first-order valence-corrected chi connectivity index (χ1v) is 5.68. The summed E-state index contributed by atoms with van der Waals surface area (Å²) >= 11 is 0. The third-order valence-electron chi connectivity index (χ3n) is 3.03. The number of amides is 2. The highest BCUT2D eigenvalue weighted by molar-refractivity contribution is 5.77. The molecule has 0 unspecified atom stereocenters. The fourth-order valence-electron chi connectivity index (χ4n) is 1.89. The number of carbonyl (C=O) groups is 2. The Morgan fingerprint density at radius 2 is 2.19 bits per heavy atom. The van der Waals surface area contributed by atoms with Crippen molar-refractivity contribution in [2.75, 3.05) is 33.8 Å². The van der Waals surface area contributed by atoms with E-state index in [1.165, 1.54) is 7.11 Å². The van der Waals surface area contributed by atoms with Crippen molar-refractivity contribution >= 4 is 12.0 Å². The summed E-state index contributed by atoms with van der Waals surface area (Å²) in [5.74, 6) is -0.371. The van der Waals surface area contributed by atoms with Crippen molar-refractivity contribution in [3.8, 4) is 0 Å². The molecule has 5 heteroatoms. The van der Waals surface area contributed by atoms with Crippen LogP contribution in [0.1, 0.15) is 19.8 Å². The minimum Gasteiger partial charge on any atom is -0.469 e. The molecule has 2 amide bonds. The maximum atomic E-state index is 11.9. The Labute approximate surface area is 96.3 Å². The maximum Gasteiger partial charge on any atom is 0.319 e. The number of ether oxygens (including phenoxy) is 1. The van der Waals surface area contributed by atoms with Crippen LogP contribution in [0.2, 0.25) is 0 Å². The predicted octanol–water partition coefficient (Wildman–Crippen LogP) is 0.943. The summed E-state index contributed by atoms with van der Waals surface area (Å²) in [6, 6.07) is -0.00361. The first kappa shape index (κ1) is 12.8. The first-order chi connectivity index (χ1) is 7.60. The number of urea groups is 1. The summed E-state index contributed by atoms with van der Waals surface area (Å²) in [6.07, 6.45) is 1.68. The van der Waals surface area contributed by atoms with Gasteiger partial charge in [-0.05, 0) is 19.8 Å². The largest absolute Gasteiger partial charge is 0.469 e. The van der Waals surface area contributed by atoms with Crippen LogP contribution in [0.15, 0.2) is 0 Å². The molecule has 1 aliphatic rings. The van der Waals surface area contributed by atoms with Gasteiger partial charge in [-0.15, -0.1) is 0 Å². The molecule has 0 N–H and O–H groups in total. The van der Waals surface area contributed by atoms with Crippen LogP contribution in [0.25, 0.3) is 0 Å². The fraction of sp³-hybridized carbons (Fsp3) is 0.818. The zero-order chi connectivity index (χ0) is 12.1. The molecule has 1 fully saturated rings. The second-order valence-corrected chi connectivity index (χ2v) is 4.11. The number of esters is 1. The van der Waals surface area contributed by atoms with E-state index in [-0.39, 0.29) is 17.9 Å². The van der Waals surface area contributed by atoms with Crippen molar-refractivity contribution in [2.45, 2.75) is 19.8 Å². The lowest BCUT2D eigenvalue weighted by atomic mass is 9.98. The van der Waals surface area contributed by atoms with Crippen LogP contribution >= 0.6 is 0 Å². The van der Waals surface area contributed by atoms with Gasteiger partial charge in [-0.25, -0.2) is 4.79 Å². The summed E-state index contributed by atoms with van der Waals surface area (Å²) in [5, 5.41) is 0. The highest BCUT2D eigenvalue weighted by atomic mass is 16.5. The molecule has 1 saturated heterocycles. The number of hydrogen-bond donors (Lipinski definition) is 0. The van der Waals surface area contributed by atoms with E-state index < -0.39 is 0 Å². The number of methoxy groups -OCH3 is 1. The number of piperidine rings is 1.